The topological polar surface area (TPSA) is 66.9 Å². The number of rotatable bonds is 3. The molecule has 1 unspecified atom stereocenters. The van der Waals surface area contributed by atoms with Crippen molar-refractivity contribution in [1.82, 2.24) is 0 Å². The first kappa shape index (κ1) is 16.5. The zero-order valence-corrected chi connectivity index (χ0v) is 14.4. The molecule has 0 aliphatic carbocycles. The van der Waals surface area contributed by atoms with E-state index in [9.17, 15) is 13.2 Å². The molecule has 1 atom stereocenters. The molecule has 2 aliphatic heterocycles. The molecule has 23 heavy (non-hydrogen) atoms. The van der Waals surface area contributed by atoms with Gasteiger partial charge in [0.25, 0.3) is 0 Å². The monoisotopic (exact) mass is 358 g/mol. The second-order valence-corrected chi connectivity index (χ2v) is 8.78. The minimum Gasteiger partial charge on any atom is -0.378 e. The van der Waals surface area contributed by atoms with E-state index in [4.69, 9.17) is 15.4 Å². The number of amides is 1. The van der Waals surface area contributed by atoms with Gasteiger partial charge in [-0.25, -0.2) is 8.42 Å². The van der Waals surface area contributed by atoms with Crippen LogP contribution in [-0.2, 0) is 18.6 Å². The van der Waals surface area contributed by atoms with Crippen molar-refractivity contribution in [2.24, 2.45) is 0 Å². The molecule has 0 bridgehead atoms. The van der Waals surface area contributed by atoms with Crippen molar-refractivity contribution in [2.45, 2.75) is 18.6 Å². The number of anilines is 2. The summed E-state index contributed by atoms with van der Waals surface area (Å²) in [6.45, 7) is 5.14. The number of halogens is 1. The molecule has 2 aliphatic rings. The molecule has 1 aromatic rings. The molecule has 0 saturated carbocycles. The second-order valence-electron chi connectivity index (χ2n) is 5.88. The number of benzene rings is 1. The van der Waals surface area contributed by atoms with Crippen LogP contribution >= 0.6 is 10.7 Å². The van der Waals surface area contributed by atoms with Crippen molar-refractivity contribution in [3.05, 3.63) is 23.8 Å². The Labute approximate surface area is 140 Å². The van der Waals surface area contributed by atoms with E-state index in [1.807, 2.05) is 25.1 Å². The van der Waals surface area contributed by atoms with Gasteiger partial charge in [-0.05, 0) is 30.7 Å². The van der Waals surface area contributed by atoms with Gasteiger partial charge in [-0.3, -0.25) is 4.79 Å². The van der Waals surface area contributed by atoms with E-state index in [0.717, 1.165) is 30.0 Å². The summed E-state index contributed by atoms with van der Waals surface area (Å²) in [5.41, 5.74) is 2.77. The van der Waals surface area contributed by atoms with Crippen LogP contribution in [0.15, 0.2) is 18.2 Å². The third-order valence-electron chi connectivity index (χ3n) is 4.34. The fraction of sp³-hybridized carbons (Fsp3) is 0.533. The van der Waals surface area contributed by atoms with E-state index in [-0.39, 0.29) is 18.9 Å². The van der Waals surface area contributed by atoms with Crippen LogP contribution in [0, 0.1) is 6.92 Å². The average molecular weight is 359 g/mol. The van der Waals surface area contributed by atoms with E-state index in [2.05, 4.69) is 4.90 Å². The van der Waals surface area contributed by atoms with Crippen LogP contribution in [0.4, 0.5) is 11.4 Å². The van der Waals surface area contributed by atoms with Crippen LogP contribution in [-0.4, -0.2) is 52.4 Å². The maximum Gasteiger partial charge on any atom is 0.237 e. The van der Waals surface area contributed by atoms with Crippen molar-refractivity contribution in [3.8, 4) is 0 Å². The minimum absolute atomic E-state index is 0.0590. The van der Waals surface area contributed by atoms with Gasteiger partial charge in [0.2, 0.25) is 15.0 Å². The lowest BCUT2D eigenvalue weighted by Crippen LogP contribution is -2.36. The maximum atomic E-state index is 12.1. The van der Waals surface area contributed by atoms with Gasteiger partial charge < -0.3 is 14.5 Å². The maximum absolute atomic E-state index is 12.1. The van der Waals surface area contributed by atoms with E-state index in [1.165, 1.54) is 4.90 Å². The smallest absolute Gasteiger partial charge is 0.237 e. The van der Waals surface area contributed by atoms with Crippen molar-refractivity contribution >= 4 is 37.0 Å². The van der Waals surface area contributed by atoms with E-state index >= 15 is 0 Å². The standard InChI is InChI=1S/C15H19ClN2O4S/c1-11-8-12(17-4-6-22-7-5-17)2-3-14(11)18-10-13(9-15(18)19)23(16,20)21/h2-3,8,13H,4-7,9-10H2,1H3. The Bertz CT molecular complexity index is 716. The molecule has 3 rings (SSSR count). The summed E-state index contributed by atoms with van der Waals surface area (Å²) in [6.07, 6.45) is -0.0590. The van der Waals surface area contributed by atoms with Gasteiger partial charge in [0.05, 0.1) is 13.2 Å². The van der Waals surface area contributed by atoms with Gasteiger partial charge in [0.15, 0.2) is 0 Å². The van der Waals surface area contributed by atoms with Crippen molar-refractivity contribution < 1.29 is 17.9 Å². The zero-order chi connectivity index (χ0) is 16.6. The third-order valence-corrected chi connectivity index (χ3v) is 6.20. The van der Waals surface area contributed by atoms with Crippen LogP contribution < -0.4 is 9.80 Å². The number of carbonyl (C=O) groups is 1. The van der Waals surface area contributed by atoms with Crippen molar-refractivity contribution in [1.29, 1.82) is 0 Å². The Morgan fingerprint density at radius 3 is 2.52 bits per heavy atom. The Balaban J connectivity index is 1.82. The molecule has 0 aromatic heterocycles. The summed E-state index contributed by atoms with van der Waals surface area (Å²) in [7, 11) is 1.67. The quantitative estimate of drug-likeness (QED) is 0.766. The number of carbonyl (C=O) groups excluding carboxylic acids is 1. The molecule has 2 fully saturated rings. The highest BCUT2D eigenvalue weighted by Crippen LogP contribution is 2.31. The molecule has 0 N–H and O–H groups in total. The summed E-state index contributed by atoms with van der Waals surface area (Å²) in [5, 5.41) is -0.838. The normalized spacial score (nSPS) is 22.7. The number of aryl methyl sites for hydroxylation is 1. The predicted molar refractivity (Wildman–Crippen MR) is 89.7 cm³/mol. The van der Waals surface area contributed by atoms with Crippen molar-refractivity contribution in [3.63, 3.8) is 0 Å². The summed E-state index contributed by atoms with van der Waals surface area (Å²) in [4.78, 5) is 15.9. The van der Waals surface area contributed by atoms with E-state index in [0.29, 0.717) is 13.2 Å². The highest BCUT2D eigenvalue weighted by Gasteiger charge is 2.38. The third kappa shape index (κ3) is 3.46. The van der Waals surface area contributed by atoms with Crippen LogP contribution in [0.3, 0.4) is 0 Å². The summed E-state index contributed by atoms with van der Waals surface area (Å²) >= 11 is 0. The van der Waals surface area contributed by atoms with Crippen LogP contribution in [0.25, 0.3) is 0 Å². The van der Waals surface area contributed by atoms with Gasteiger partial charge in [0.1, 0.15) is 5.25 Å². The first-order valence-electron chi connectivity index (χ1n) is 7.53. The molecule has 1 amide bonds. The number of hydrogen-bond acceptors (Lipinski definition) is 5. The van der Waals surface area contributed by atoms with Gasteiger partial charge in [0, 0.05) is 48.1 Å². The molecule has 1 aromatic carbocycles. The van der Waals surface area contributed by atoms with Crippen molar-refractivity contribution in [2.75, 3.05) is 42.6 Å². The fourth-order valence-electron chi connectivity index (χ4n) is 3.06. The Morgan fingerprint density at radius 2 is 1.96 bits per heavy atom. The molecule has 2 saturated heterocycles. The highest BCUT2D eigenvalue weighted by atomic mass is 35.7. The van der Waals surface area contributed by atoms with E-state index in [1.54, 1.807) is 0 Å². The number of ether oxygens (including phenoxy) is 1. The molecule has 0 spiro atoms. The largest absolute Gasteiger partial charge is 0.378 e. The van der Waals surface area contributed by atoms with Crippen LogP contribution in [0.1, 0.15) is 12.0 Å². The number of hydrogen-bond donors (Lipinski definition) is 0. The Hall–Kier alpha value is -1.31. The first-order chi connectivity index (χ1) is 10.9. The summed E-state index contributed by atoms with van der Waals surface area (Å²) in [5.74, 6) is -0.207. The van der Waals surface area contributed by atoms with Gasteiger partial charge in [-0.1, -0.05) is 0 Å². The first-order valence-corrected chi connectivity index (χ1v) is 9.90. The Kier molecular flexibility index (Phi) is 4.53. The van der Waals surface area contributed by atoms with Gasteiger partial charge >= 0.3 is 0 Å². The molecule has 6 nitrogen and oxygen atoms in total. The summed E-state index contributed by atoms with van der Waals surface area (Å²) in [6, 6.07) is 5.86. The molecular formula is C15H19ClN2O4S. The second kappa shape index (κ2) is 6.30. The van der Waals surface area contributed by atoms with Gasteiger partial charge in [-0.15, -0.1) is 0 Å². The lowest BCUT2D eigenvalue weighted by molar-refractivity contribution is -0.117. The summed E-state index contributed by atoms with van der Waals surface area (Å²) < 4.78 is 28.3. The molecule has 126 valence electrons. The van der Waals surface area contributed by atoms with Gasteiger partial charge in [-0.2, -0.15) is 0 Å². The van der Waals surface area contributed by atoms with E-state index < -0.39 is 14.3 Å². The number of nitrogens with zero attached hydrogens (tertiary/aromatic N) is 2. The molecular weight excluding hydrogens is 340 g/mol. The zero-order valence-electron chi connectivity index (χ0n) is 12.9. The molecule has 2 heterocycles. The lowest BCUT2D eigenvalue weighted by atomic mass is 10.1. The SMILES string of the molecule is Cc1cc(N2CCOCC2)ccc1N1CC(S(=O)(=O)Cl)CC1=O. The molecule has 8 heteroatoms. The van der Waals surface area contributed by atoms with Crippen LogP contribution in [0.2, 0.25) is 0 Å². The lowest BCUT2D eigenvalue weighted by Gasteiger charge is -2.30. The molecule has 0 radical (unpaired) electrons. The number of morpholine rings is 1. The predicted octanol–water partition coefficient (Wildman–Crippen LogP) is 1.51. The average Bonchev–Trinajstić information content (AvgIpc) is 2.90. The minimum atomic E-state index is -3.73. The highest BCUT2D eigenvalue weighted by molar-refractivity contribution is 8.14. The fourth-order valence-corrected chi connectivity index (χ4v) is 4.08. The Morgan fingerprint density at radius 1 is 1.26 bits per heavy atom. The van der Waals surface area contributed by atoms with Crippen LogP contribution in [0.5, 0.6) is 0 Å².